The first-order valence-electron chi connectivity index (χ1n) is 5.14. The van der Waals surface area contributed by atoms with E-state index in [2.05, 4.69) is 5.32 Å². The van der Waals surface area contributed by atoms with Gasteiger partial charge in [0, 0.05) is 7.11 Å². The van der Waals surface area contributed by atoms with Crippen molar-refractivity contribution in [3.63, 3.8) is 0 Å². The largest absolute Gasteiger partial charge is 0.382 e. The number of nitrogens with two attached hydrogens (primary N) is 1. The molecule has 16 heavy (non-hydrogen) atoms. The van der Waals surface area contributed by atoms with E-state index in [1.807, 2.05) is 13.8 Å². The lowest BCUT2D eigenvalue weighted by Gasteiger charge is -2.18. The number of carbonyl (C=O) groups excluding carboxylic acids is 2. The van der Waals surface area contributed by atoms with Crippen molar-refractivity contribution in [2.45, 2.75) is 19.9 Å². The smallest absolute Gasteiger partial charge is 0.246 e. The van der Waals surface area contributed by atoms with E-state index < -0.39 is 11.9 Å². The van der Waals surface area contributed by atoms with E-state index in [-0.39, 0.29) is 18.4 Å². The van der Waals surface area contributed by atoms with Crippen LogP contribution in [0.15, 0.2) is 0 Å². The van der Waals surface area contributed by atoms with E-state index >= 15 is 0 Å². The van der Waals surface area contributed by atoms with Crippen molar-refractivity contribution in [3.8, 4) is 0 Å². The third-order valence-corrected chi connectivity index (χ3v) is 1.95. The first kappa shape index (κ1) is 14.9. The highest BCUT2D eigenvalue weighted by Crippen LogP contribution is 2.00. The highest BCUT2D eigenvalue weighted by molar-refractivity contribution is 5.87. The number of primary amides is 1. The van der Waals surface area contributed by atoms with Gasteiger partial charge in [-0.2, -0.15) is 0 Å². The van der Waals surface area contributed by atoms with Crippen molar-refractivity contribution < 1.29 is 19.1 Å². The first-order valence-corrected chi connectivity index (χ1v) is 5.14. The number of carbonyl (C=O) groups is 2. The molecule has 2 amide bonds. The van der Waals surface area contributed by atoms with E-state index in [4.69, 9.17) is 15.2 Å². The Kier molecular flexibility index (Phi) is 7.49. The average Bonchev–Trinajstić information content (AvgIpc) is 2.20. The summed E-state index contributed by atoms with van der Waals surface area (Å²) in [4.78, 5) is 22.3. The van der Waals surface area contributed by atoms with Crippen LogP contribution in [-0.2, 0) is 19.1 Å². The van der Waals surface area contributed by atoms with E-state index in [1.54, 1.807) is 7.11 Å². The molecule has 0 heterocycles. The van der Waals surface area contributed by atoms with Gasteiger partial charge in [-0.3, -0.25) is 9.59 Å². The average molecular weight is 232 g/mol. The zero-order chi connectivity index (χ0) is 12.6. The summed E-state index contributed by atoms with van der Waals surface area (Å²) in [5, 5.41) is 2.51. The molecule has 0 aliphatic rings. The van der Waals surface area contributed by atoms with Crippen LogP contribution in [0, 0.1) is 5.92 Å². The summed E-state index contributed by atoms with van der Waals surface area (Å²) >= 11 is 0. The van der Waals surface area contributed by atoms with Crippen LogP contribution in [0.2, 0.25) is 0 Å². The number of hydrogen-bond acceptors (Lipinski definition) is 4. The lowest BCUT2D eigenvalue weighted by atomic mass is 10.0. The maximum absolute atomic E-state index is 11.3. The second kappa shape index (κ2) is 8.06. The number of rotatable bonds is 8. The van der Waals surface area contributed by atoms with Crippen LogP contribution in [0.5, 0.6) is 0 Å². The first-order chi connectivity index (χ1) is 7.49. The molecule has 3 N–H and O–H groups in total. The highest BCUT2D eigenvalue weighted by Gasteiger charge is 2.21. The minimum absolute atomic E-state index is 0.0413. The van der Waals surface area contributed by atoms with Gasteiger partial charge < -0.3 is 20.5 Å². The van der Waals surface area contributed by atoms with Crippen LogP contribution < -0.4 is 11.1 Å². The van der Waals surface area contributed by atoms with Gasteiger partial charge in [-0.05, 0) is 5.92 Å². The van der Waals surface area contributed by atoms with Gasteiger partial charge in [-0.1, -0.05) is 13.8 Å². The van der Waals surface area contributed by atoms with Crippen LogP contribution in [0.4, 0.5) is 0 Å². The van der Waals surface area contributed by atoms with Gasteiger partial charge >= 0.3 is 0 Å². The van der Waals surface area contributed by atoms with Crippen LogP contribution >= 0.6 is 0 Å². The van der Waals surface area contributed by atoms with E-state index in [1.165, 1.54) is 0 Å². The van der Waals surface area contributed by atoms with Crippen molar-refractivity contribution in [1.82, 2.24) is 5.32 Å². The minimum atomic E-state index is -0.654. The third-order valence-electron chi connectivity index (χ3n) is 1.95. The summed E-state index contributed by atoms with van der Waals surface area (Å²) in [6.45, 7) is 4.28. The zero-order valence-electron chi connectivity index (χ0n) is 9.99. The molecule has 6 heteroatoms. The van der Waals surface area contributed by atoms with Crippen molar-refractivity contribution in [1.29, 1.82) is 0 Å². The van der Waals surface area contributed by atoms with E-state index in [0.717, 1.165) is 0 Å². The molecule has 0 aromatic heterocycles. The quantitative estimate of drug-likeness (QED) is 0.540. The predicted octanol–water partition coefficient (Wildman–Crippen LogP) is -0.724. The molecule has 94 valence electrons. The van der Waals surface area contributed by atoms with Gasteiger partial charge in [0.1, 0.15) is 12.6 Å². The Bertz CT molecular complexity index is 231. The molecule has 0 saturated heterocycles. The molecule has 6 nitrogen and oxygen atoms in total. The fourth-order valence-electron chi connectivity index (χ4n) is 1.09. The molecular formula is C10H20N2O4. The Morgan fingerprint density at radius 1 is 1.31 bits per heavy atom. The Morgan fingerprint density at radius 2 is 1.94 bits per heavy atom. The van der Waals surface area contributed by atoms with Crippen LogP contribution in [-0.4, -0.2) is 44.8 Å². The summed E-state index contributed by atoms with van der Waals surface area (Å²) in [6.07, 6.45) is 0. The summed E-state index contributed by atoms with van der Waals surface area (Å²) in [6, 6.07) is -0.654. The van der Waals surface area contributed by atoms with Crippen LogP contribution in [0.1, 0.15) is 13.8 Å². The topological polar surface area (TPSA) is 90.7 Å². The Hall–Kier alpha value is -1.14. The third kappa shape index (κ3) is 6.36. The summed E-state index contributed by atoms with van der Waals surface area (Å²) in [5.74, 6) is -0.936. The zero-order valence-corrected chi connectivity index (χ0v) is 9.99. The van der Waals surface area contributed by atoms with Gasteiger partial charge in [-0.15, -0.1) is 0 Å². The highest BCUT2D eigenvalue weighted by atomic mass is 16.5. The van der Waals surface area contributed by atoms with E-state index in [0.29, 0.717) is 13.2 Å². The second-order valence-corrected chi connectivity index (χ2v) is 3.74. The van der Waals surface area contributed by atoms with Gasteiger partial charge in [0.05, 0.1) is 13.2 Å². The van der Waals surface area contributed by atoms with Gasteiger partial charge in [0.25, 0.3) is 0 Å². The van der Waals surface area contributed by atoms with Gasteiger partial charge in [0.15, 0.2) is 0 Å². The van der Waals surface area contributed by atoms with Crippen LogP contribution in [0.3, 0.4) is 0 Å². The monoisotopic (exact) mass is 232 g/mol. The van der Waals surface area contributed by atoms with Gasteiger partial charge in [-0.25, -0.2) is 0 Å². The number of amides is 2. The lowest BCUT2D eigenvalue weighted by molar-refractivity contribution is -0.131. The molecule has 0 aliphatic heterocycles. The Labute approximate surface area is 95.5 Å². The molecule has 0 spiro atoms. The summed E-state index contributed by atoms with van der Waals surface area (Å²) < 4.78 is 9.76. The van der Waals surface area contributed by atoms with E-state index in [9.17, 15) is 9.59 Å². The number of hydrogen-bond donors (Lipinski definition) is 2. The molecular weight excluding hydrogens is 212 g/mol. The fourth-order valence-corrected chi connectivity index (χ4v) is 1.09. The predicted molar refractivity (Wildman–Crippen MR) is 58.7 cm³/mol. The molecule has 0 aromatic carbocycles. The van der Waals surface area contributed by atoms with Crippen molar-refractivity contribution in [2.24, 2.45) is 11.7 Å². The molecule has 0 rings (SSSR count). The molecule has 0 radical (unpaired) electrons. The molecule has 1 atom stereocenters. The normalized spacial score (nSPS) is 12.5. The van der Waals surface area contributed by atoms with Crippen molar-refractivity contribution >= 4 is 11.8 Å². The molecule has 0 fully saturated rings. The number of nitrogens with one attached hydrogen (secondary N) is 1. The molecule has 0 saturated carbocycles. The van der Waals surface area contributed by atoms with Crippen molar-refractivity contribution in [3.05, 3.63) is 0 Å². The standard InChI is InChI=1S/C10H20N2O4/c1-7(2)9(10(11)14)12-8(13)6-16-5-4-15-3/h7,9H,4-6H2,1-3H3,(H2,11,14)(H,12,13)/t9-/m1/s1. The lowest BCUT2D eigenvalue weighted by Crippen LogP contribution is -2.48. The Balaban J connectivity index is 3.87. The van der Waals surface area contributed by atoms with Crippen molar-refractivity contribution in [2.75, 3.05) is 26.9 Å². The molecule has 0 bridgehead atoms. The molecule has 0 aliphatic carbocycles. The number of ether oxygens (including phenoxy) is 2. The second-order valence-electron chi connectivity index (χ2n) is 3.74. The minimum Gasteiger partial charge on any atom is -0.382 e. The summed E-state index contributed by atoms with van der Waals surface area (Å²) in [7, 11) is 1.55. The fraction of sp³-hybridized carbons (Fsp3) is 0.800. The maximum atomic E-state index is 11.3. The molecule has 0 aromatic rings. The molecule has 0 unspecified atom stereocenters. The van der Waals surface area contributed by atoms with Gasteiger partial charge in [0.2, 0.25) is 11.8 Å². The van der Waals surface area contributed by atoms with Crippen LogP contribution in [0.25, 0.3) is 0 Å². The SMILES string of the molecule is COCCOCC(=O)N[C@@H](C(N)=O)C(C)C. The number of methoxy groups -OCH3 is 1. The summed E-state index contributed by atoms with van der Waals surface area (Å²) in [5.41, 5.74) is 5.15. The maximum Gasteiger partial charge on any atom is 0.246 e. The Morgan fingerprint density at radius 3 is 2.38 bits per heavy atom.